The van der Waals surface area contributed by atoms with E-state index >= 15 is 0 Å². The lowest BCUT2D eigenvalue weighted by Crippen LogP contribution is -2.27. The number of carbonyl (C=O) groups is 1. The van der Waals surface area contributed by atoms with Crippen LogP contribution in [0.3, 0.4) is 0 Å². The van der Waals surface area contributed by atoms with Gasteiger partial charge in [0.1, 0.15) is 5.82 Å². The first kappa shape index (κ1) is 18.3. The predicted molar refractivity (Wildman–Crippen MR) is 103 cm³/mol. The van der Waals surface area contributed by atoms with E-state index in [2.05, 4.69) is 20.8 Å². The lowest BCUT2D eigenvalue weighted by molar-refractivity contribution is -0.118. The van der Waals surface area contributed by atoms with Gasteiger partial charge < -0.3 is 10.6 Å². The van der Waals surface area contributed by atoms with Crippen LogP contribution in [0.25, 0.3) is 0 Å². The molecule has 1 aromatic heterocycles. The Morgan fingerprint density at radius 3 is 2.77 bits per heavy atom. The molecule has 0 unspecified atom stereocenters. The van der Waals surface area contributed by atoms with Crippen LogP contribution < -0.4 is 10.6 Å². The summed E-state index contributed by atoms with van der Waals surface area (Å²) in [6, 6.07) is 16.1. The fourth-order valence-electron chi connectivity index (χ4n) is 2.18. The molecule has 8 heteroatoms. The van der Waals surface area contributed by atoms with E-state index in [1.165, 1.54) is 40.8 Å². The lowest BCUT2D eigenvalue weighted by Gasteiger charge is -2.04. The molecule has 1 amide bonds. The minimum Gasteiger partial charge on any atom is -0.355 e. The van der Waals surface area contributed by atoms with Crippen molar-refractivity contribution < 1.29 is 9.18 Å². The van der Waals surface area contributed by atoms with Gasteiger partial charge in [0, 0.05) is 12.2 Å². The van der Waals surface area contributed by atoms with E-state index in [1.54, 1.807) is 12.1 Å². The molecule has 0 saturated carbocycles. The molecular formula is C18H17FN4OS2. The molecule has 0 aliphatic rings. The quantitative estimate of drug-likeness (QED) is 0.574. The number of thioether (sulfide) groups is 1. The third-order valence-corrected chi connectivity index (χ3v) is 5.36. The molecule has 1 heterocycles. The maximum absolute atomic E-state index is 13.2. The Morgan fingerprint density at radius 1 is 1.12 bits per heavy atom. The molecule has 0 fully saturated rings. The number of halogens is 1. The molecule has 0 atom stereocenters. The summed E-state index contributed by atoms with van der Waals surface area (Å²) in [5, 5.41) is 14.5. The zero-order chi connectivity index (χ0) is 18.2. The summed E-state index contributed by atoms with van der Waals surface area (Å²) in [5.74, 6) is -0.0781. The van der Waals surface area contributed by atoms with E-state index in [1.807, 2.05) is 30.3 Å². The van der Waals surface area contributed by atoms with Gasteiger partial charge in [0.25, 0.3) is 0 Å². The Kier molecular flexibility index (Phi) is 6.56. The molecule has 0 saturated heterocycles. The molecule has 0 bridgehead atoms. The molecule has 0 radical (unpaired) electrons. The second-order valence-electron chi connectivity index (χ2n) is 5.38. The molecule has 2 N–H and O–H groups in total. The van der Waals surface area contributed by atoms with Crippen molar-refractivity contribution in [3.8, 4) is 0 Å². The lowest BCUT2D eigenvalue weighted by atomic mass is 10.1. The fraction of sp³-hybridized carbons (Fsp3) is 0.167. The highest BCUT2D eigenvalue weighted by Gasteiger charge is 2.08. The van der Waals surface area contributed by atoms with E-state index in [0.29, 0.717) is 21.7 Å². The van der Waals surface area contributed by atoms with Crippen LogP contribution in [0.2, 0.25) is 0 Å². The highest BCUT2D eigenvalue weighted by Crippen LogP contribution is 2.27. The van der Waals surface area contributed by atoms with Gasteiger partial charge in [-0.15, -0.1) is 10.2 Å². The summed E-state index contributed by atoms with van der Waals surface area (Å²) in [5.41, 5.74) is 1.80. The minimum absolute atomic E-state index is 0.0410. The van der Waals surface area contributed by atoms with Crippen LogP contribution in [0.15, 0.2) is 58.9 Å². The monoisotopic (exact) mass is 388 g/mol. The topological polar surface area (TPSA) is 66.9 Å². The summed E-state index contributed by atoms with van der Waals surface area (Å²) in [6.45, 7) is 0.603. The summed E-state index contributed by atoms with van der Waals surface area (Å²) in [4.78, 5) is 11.9. The Bertz CT molecular complexity index is 857. The number of anilines is 2. The number of hydrogen-bond donors (Lipinski definition) is 2. The van der Waals surface area contributed by atoms with Crippen molar-refractivity contribution in [1.29, 1.82) is 0 Å². The molecule has 3 rings (SSSR count). The molecule has 0 aliphatic carbocycles. The van der Waals surface area contributed by atoms with Gasteiger partial charge >= 0.3 is 0 Å². The number of nitrogens with zero attached hydrogens (tertiary/aromatic N) is 2. The summed E-state index contributed by atoms with van der Waals surface area (Å²) in [7, 11) is 0. The van der Waals surface area contributed by atoms with Gasteiger partial charge in [0.15, 0.2) is 4.34 Å². The van der Waals surface area contributed by atoms with Crippen molar-refractivity contribution in [2.45, 2.75) is 10.8 Å². The van der Waals surface area contributed by atoms with Crippen molar-refractivity contribution in [2.75, 3.05) is 17.6 Å². The molecular weight excluding hydrogens is 371 g/mol. The van der Waals surface area contributed by atoms with E-state index < -0.39 is 0 Å². The normalized spacial score (nSPS) is 10.5. The molecule has 5 nitrogen and oxygen atoms in total. The van der Waals surface area contributed by atoms with Crippen LogP contribution in [0.4, 0.5) is 15.2 Å². The molecule has 0 spiro atoms. The van der Waals surface area contributed by atoms with Crippen LogP contribution in [0.5, 0.6) is 0 Å². The maximum Gasteiger partial charge on any atom is 0.230 e. The summed E-state index contributed by atoms with van der Waals surface area (Å²) in [6.07, 6.45) is 0.803. The first-order valence-corrected chi connectivity index (χ1v) is 9.79. The summed E-state index contributed by atoms with van der Waals surface area (Å²) >= 11 is 2.65. The zero-order valence-electron chi connectivity index (χ0n) is 13.8. The molecule has 2 aromatic carbocycles. The Balaban J connectivity index is 1.40. The number of amides is 1. The zero-order valence-corrected chi connectivity index (χ0v) is 15.4. The second kappa shape index (κ2) is 9.30. The number of hydrogen-bond acceptors (Lipinski definition) is 6. The Morgan fingerprint density at radius 2 is 1.96 bits per heavy atom. The van der Waals surface area contributed by atoms with Gasteiger partial charge in [-0.25, -0.2) is 4.39 Å². The van der Waals surface area contributed by atoms with Crippen LogP contribution in [0, 0.1) is 5.82 Å². The van der Waals surface area contributed by atoms with Crippen molar-refractivity contribution >= 4 is 39.8 Å². The van der Waals surface area contributed by atoms with Crippen LogP contribution in [0.1, 0.15) is 5.56 Å². The standard InChI is InChI=1S/C18H17FN4OS2/c19-14-7-4-8-15(11-14)21-17-22-23-18(26-17)25-12-16(24)20-10-9-13-5-2-1-3-6-13/h1-8,11H,9-10,12H2,(H,20,24)(H,21,22). The first-order valence-electron chi connectivity index (χ1n) is 7.98. The number of nitrogens with one attached hydrogen (secondary N) is 2. The van der Waals surface area contributed by atoms with Crippen molar-refractivity contribution in [3.05, 3.63) is 66.0 Å². The highest BCUT2D eigenvalue weighted by atomic mass is 32.2. The average molecular weight is 388 g/mol. The van der Waals surface area contributed by atoms with E-state index in [-0.39, 0.29) is 17.5 Å². The number of benzene rings is 2. The van der Waals surface area contributed by atoms with Gasteiger partial charge in [-0.05, 0) is 30.2 Å². The van der Waals surface area contributed by atoms with Gasteiger partial charge in [0.05, 0.1) is 5.75 Å². The van der Waals surface area contributed by atoms with Gasteiger partial charge in [-0.1, -0.05) is 59.5 Å². The SMILES string of the molecule is O=C(CSc1nnc(Nc2cccc(F)c2)s1)NCCc1ccccc1. The van der Waals surface area contributed by atoms with Gasteiger partial charge in [-0.2, -0.15) is 0 Å². The van der Waals surface area contributed by atoms with E-state index in [4.69, 9.17) is 0 Å². The molecule has 0 aliphatic heterocycles. The molecule has 26 heavy (non-hydrogen) atoms. The van der Waals surface area contributed by atoms with Crippen LogP contribution in [-0.4, -0.2) is 28.4 Å². The fourth-order valence-corrected chi connectivity index (χ4v) is 3.78. The average Bonchev–Trinajstić information content (AvgIpc) is 3.08. The maximum atomic E-state index is 13.2. The largest absolute Gasteiger partial charge is 0.355 e. The van der Waals surface area contributed by atoms with Gasteiger partial charge in [0.2, 0.25) is 11.0 Å². The summed E-state index contributed by atoms with van der Waals surface area (Å²) < 4.78 is 13.9. The van der Waals surface area contributed by atoms with Crippen molar-refractivity contribution in [2.24, 2.45) is 0 Å². The van der Waals surface area contributed by atoms with Gasteiger partial charge in [-0.3, -0.25) is 4.79 Å². The first-order chi connectivity index (χ1) is 12.7. The van der Waals surface area contributed by atoms with E-state index in [0.717, 1.165) is 6.42 Å². The predicted octanol–water partition coefficient (Wildman–Crippen LogP) is 3.87. The van der Waals surface area contributed by atoms with Crippen molar-refractivity contribution in [1.82, 2.24) is 15.5 Å². The van der Waals surface area contributed by atoms with Crippen LogP contribution in [-0.2, 0) is 11.2 Å². The molecule has 3 aromatic rings. The van der Waals surface area contributed by atoms with Crippen LogP contribution >= 0.6 is 23.1 Å². The minimum atomic E-state index is -0.318. The molecule has 134 valence electrons. The Labute approximate surface area is 159 Å². The number of carbonyl (C=O) groups excluding carboxylic acids is 1. The third-order valence-electron chi connectivity index (χ3n) is 3.39. The van der Waals surface area contributed by atoms with Crippen molar-refractivity contribution in [3.63, 3.8) is 0 Å². The highest BCUT2D eigenvalue weighted by molar-refractivity contribution is 8.01. The third kappa shape index (κ3) is 5.82. The Hall–Kier alpha value is -2.45. The van der Waals surface area contributed by atoms with E-state index in [9.17, 15) is 9.18 Å². The number of aromatic nitrogens is 2. The second-order valence-corrected chi connectivity index (χ2v) is 7.58. The smallest absolute Gasteiger partial charge is 0.230 e. The number of rotatable bonds is 8.